The van der Waals surface area contributed by atoms with E-state index in [1.165, 1.54) is 16.8 Å². The smallest absolute Gasteiger partial charge is 0.231 e. The van der Waals surface area contributed by atoms with Gasteiger partial charge in [-0.15, -0.1) is 0 Å². The van der Waals surface area contributed by atoms with Gasteiger partial charge in [0, 0.05) is 36.3 Å². The molecule has 184 valence electrons. The highest BCUT2D eigenvalue weighted by Crippen LogP contribution is 2.29. The lowest BCUT2D eigenvalue weighted by molar-refractivity contribution is 0.122. The summed E-state index contributed by atoms with van der Waals surface area (Å²) in [5, 5.41) is 11.9. The van der Waals surface area contributed by atoms with Crippen LogP contribution in [-0.2, 0) is 15.6 Å². The van der Waals surface area contributed by atoms with Gasteiger partial charge in [-0.3, -0.25) is 0 Å². The number of rotatable bonds is 5. The van der Waals surface area contributed by atoms with E-state index >= 15 is 0 Å². The molecule has 1 aliphatic heterocycles. The number of fused-ring (bicyclic) bond motifs is 1. The second-order valence-corrected chi connectivity index (χ2v) is 8.65. The van der Waals surface area contributed by atoms with Gasteiger partial charge in [-0.1, -0.05) is 18.2 Å². The van der Waals surface area contributed by atoms with Gasteiger partial charge in [0.2, 0.25) is 5.95 Å². The number of nitrogens with two attached hydrogens (primary N) is 1. The molecular formula is C24H29N7O3S. The molecule has 10 nitrogen and oxygen atoms in total. The minimum atomic E-state index is -2.62. The number of anilines is 5. The Labute approximate surface area is 205 Å². The average molecular weight is 496 g/mol. The van der Waals surface area contributed by atoms with Gasteiger partial charge in [0.25, 0.3) is 0 Å². The highest BCUT2D eigenvalue weighted by Gasteiger charge is 2.13. The number of morpholine rings is 1. The van der Waals surface area contributed by atoms with Crippen LogP contribution in [0.15, 0.2) is 54.7 Å². The molecule has 0 amide bonds. The van der Waals surface area contributed by atoms with Crippen molar-refractivity contribution in [1.82, 2.24) is 15.0 Å². The number of aromatic amines is 1. The predicted octanol–water partition coefficient (Wildman–Crippen LogP) is 3.37. The van der Waals surface area contributed by atoms with E-state index in [1.807, 2.05) is 12.3 Å². The van der Waals surface area contributed by atoms with Gasteiger partial charge in [-0.25, -0.2) is 13.6 Å². The van der Waals surface area contributed by atoms with E-state index in [2.05, 4.69) is 87.0 Å². The molecule has 1 aliphatic rings. The van der Waals surface area contributed by atoms with Crippen LogP contribution in [0, 0.1) is 13.8 Å². The zero-order valence-electron chi connectivity index (χ0n) is 19.6. The van der Waals surface area contributed by atoms with Gasteiger partial charge in [-0.05, 0) is 55.3 Å². The van der Waals surface area contributed by atoms with Crippen LogP contribution in [0.25, 0.3) is 11.0 Å². The van der Waals surface area contributed by atoms with Crippen LogP contribution >= 0.6 is 0 Å². The van der Waals surface area contributed by atoms with E-state index in [-0.39, 0.29) is 0 Å². The summed E-state index contributed by atoms with van der Waals surface area (Å²) in [6, 6.07) is 16.6. The first-order valence-electron chi connectivity index (χ1n) is 11.2. The molecule has 0 atom stereocenters. The van der Waals surface area contributed by atoms with Crippen LogP contribution in [0.5, 0.6) is 0 Å². The molecule has 0 bridgehead atoms. The maximum atomic E-state index is 8.81. The topological polar surface area (TPSA) is 138 Å². The zero-order chi connectivity index (χ0) is 24.8. The summed E-state index contributed by atoms with van der Waals surface area (Å²) in [5.74, 6) is 1.32. The van der Waals surface area contributed by atoms with E-state index in [0.29, 0.717) is 5.95 Å². The van der Waals surface area contributed by atoms with Gasteiger partial charge < -0.3 is 25.3 Å². The number of aromatic nitrogens is 3. The van der Waals surface area contributed by atoms with Gasteiger partial charge in [0.1, 0.15) is 11.5 Å². The molecule has 0 aliphatic carbocycles. The van der Waals surface area contributed by atoms with Crippen LogP contribution in [0.2, 0.25) is 0 Å². The summed E-state index contributed by atoms with van der Waals surface area (Å²) in [7, 11) is -2.62. The van der Waals surface area contributed by atoms with Crippen LogP contribution in [-0.4, -0.2) is 49.7 Å². The molecule has 2 aromatic carbocycles. The third kappa shape index (κ3) is 6.27. The van der Waals surface area contributed by atoms with E-state index in [9.17, 15) is 0 Å². The van der Waals surface area contributed by atoms with Crippen LogP contribution in [0.4, 0.5) is 28.8 Å². The highest BCUT2D eigenvalue weighted by atomic mass is 32.2. The average Bonchev–Trinajstić information content (AvgIpc) is 3.31. The van der Waals surface area contributed by atoms with Crippen molar-refractivity contribution in [2.75, 3.05) is 41.8 Å². The molecule has 4 aromatic rings. The molecule has 0 unspecified atom stereocenters. The minimum absolute atomic E-state index is 0.544. The molecular weight excluding hydrogens is 466 g/mol. The normalized spacial score (nSPS) is 13.4. The van der Waals surface area contributed by atoms with Gasteiger partial charge in [0.15, 0.2) is 10.9 Å². The lowest BCUT2D eigenvalue weighted by Crippen LogP contribution is -2.36. The van der Waals surface area contributed by atoms with Crippen molar-refractivity contribution in [3.63, 3.8) is 0 Å². The van der Waals surface area contributed by atoms with Crippen molar-refractivity contribution in [1.29, 1.82) is 0 Å². The number of ether oxygens (including phenoxy) is 1. The maximum Gasteiger partial charge on any atom is 0.231 e. The summed E-state index contributed by atoms with van der Waals surface area (Å²) in [5.41, 5.74) is 6.36. The number of nitrogens with one attached hydrogen (secondary N) is 3. The molecule has 3 heterocycles. The number of aryl methyl sites for hydroxylation is 2. The Bertz CT molecular complexity index is 1340. The number of H-pyrrole nitrogens is 1. The summed E-state index contributed by atoms with van der Waals surface area (Å²) in [4.78, 5) is 15.0. The summed E-state index contributed by atoms with van der Waals surface area (Å²) >= 11 is 0. The van der Waals surface area contributed by atoms with Crippen molar-refractivity contribution in [2.24, 2.45) is 5.14 Å². The first kappa shape index (κ1) is 24.5. The third-order valence-corrected chi connectivity index (χ3v) is 5.64. The van der Waals surface area contributed by atoms with Crippen LogP contribution in [0.1, 0.15) is 11.1 Å². The number of hydrogen-bond donors (Lipinski definition) is 5. The number of para-hydroxylation sites is 1. The first-order valence-corrected chi connectivity index (χ1v) is 12.4. The number of benzene rings is 2. The van der Waals surface area contributed by atoms with Gasteiger partial charge in [0.05, 0.1) is 18.6 Å². The molecule has 1 fully saturated rings. The summed E-state index contributed by atoms with van der Waals surface area (Å²) < 4.78 is 23.1. The van der Waals surface area contributed by atoms with E-state index < -0.39 is 10.9 Å². The molecule has 5 N–H and O–H groups in total. The number of nitrogens with zero attached hydrogens (tertiary/aromatic N) is 3. The Morgan fingerprint density at radius 1 is 0.971 bits per heavy atom. The fourth-order valence-electron chi connectivity index (χ4n) is 3.93. The van der Waals surface area contributed by atoms with Crippen molar-refractivity contribution in [3.8, 4) is 0 Å². The van der Waals surface area contributed by atoms with Crippen molar-refractivity contribution >= 4 is 50.8 Å². The highest BCUT2D eigenvalue weighted by molar-refractivity contribution is 7.69. The molecule has 0 spiro atoms. The van der Waals surface area contributed by atoms with Crippen molar-refractivity contribution in [2.45, 2.75) is 13.8 Å². The largest absolute Gasteiger partial charge is 0.378 e. The van der Waals surface area contributed by atoms with Crippen molar-refractivity contribution < 1.29 is 13.2 Å². The molecule has 0 saturated carbocycles. The Morgan fingerprint density at radius 3 is 2.29 bits per heavy atom. The number of thiol groups is 1. The lowest BCUT2D eigenvalue weighted by Gasteiger charge is -2.28. The van der Waals surface area contributed by atoms with E-state index in [4.69, 9.17) is 18.1 Å². The standard InChI is InChI=1S/C24H26N6O.H3NO2S/c1-16-4-3-5-17(2)21(16)27-23-20-10-11-25-22(20)28-24(29-23)26-18-6-8-19(9-7-18)30-12-14-31-15-13-30;1-4(2)3/h3-11H,12-15H2,1-2H3,(H3,25,26,27,28,29);4H,(H2,1,2,3). The van der Waals surface area contributed by atoms with E-state index in [0.717, 1.165) is 54.5 Å². The quantitative estimate of drug-likeness (QED) is 0.266. The molecule has 5 rings (SSSR count). The predicted molar refractivity (Wildman–Crippen MR) is 140 cm³/mol. The van der Waals surface area contributed by atoms with E-state index in [1.54, 1.807) is 0 Å². The Kier molecular flexibility index (Phi) is 7.80. The Morgan fingerprint density at radius 2 is 1.63 bits per heavy atom. The van der Waals surface area contributed by atoms with Gasteiger partial charge in [-0.2, -0.15) is 9.97 Å². The van der Waals surface area contributed by atoms with Gasteiger partial charge >= 0.3 is 0 Å². The summed E-state index contributed by atoms with van der Waals surface area (Å²) in [6.45, 7) is 7.60. The minimum Gasteiger partial charge on any atom is -0.378 e. The third-order valence-electron chi connectivity index (χ3n) is 5.64. The second-order valence-electron chi connectivity index (χ2n) is 8.08. The Hall–Kier alpha value is -3.67. The number of hydrogen-bond acceptors (Lipinski definition) is 8. The maximum absolute atomic E-state index is 8.81. The molecule has 0 radical (unpaired) electrons. The monoisotopic (exact) mass is 495 g/mol. The zero-order valence-corrected chi connectivity index (χ0v) is 20.5. The molecule has 2 aromatic heterocycles. The fourth-order valence-corrected chi connectivity index (χ4v) is 3.93. The van der Waals surface area contributed by atoms with Crippen LogP contribution in [0.3, 0.4) is 0 Å². The molecule has 11 heteroatoms. The molecule has 35 heavy (non-hydrogen) atoms. The summed E-state index contributed by atoms with van der Waals surface area (Å²) in [6.07, 6.45) is 1.89. The SMILES string of the molecule is Cc1cccc(C)c1Nc1nc(Nc2ccc(N3CCOCC3)cc2)nc2[nH]ccc12.N[SH](=O)=O. The lowest BCUT2D eigenvalue weighted by atomic mass is 10.1. The fraction of sp³-hybridized carbons (Fsp3) is 0.250. The second kappa shape index (κ2) is 11.2. The van der Waals surface area contributed by atoms with Crippen molar-refractivity contribution in [3.05, 3.63) is 65.9 Å². The first-order chi connectivity index (χ1) is 16.9. The van der Waals surface area contributed by atoms with Crippen LogP contribution < -0.4 is 20.7 Å². The molecule has 1 saturated heterocycles. The Balaban J connectivity index is 0.000000672.